The van der Waals surface area contributed by atoms with Crippen LogP contribution in [0.15, 0.2) is 23.3 Å². The van der Waals surface area contributed by atoms with Crippen LogP contribution in [0.25, 0.3) is 5.52 Å². The first-order chi connectivity index (χ1) is 10.1. The van der Waals surface area contributed by atoms with Crippen LogP contribution in [0.1, 0.15) is 38.3 Å². The second-order valence-electron chi connectivity index (χ2n) is 6.32. The molecule has 5 nitrogen and oxygen atoms in total. The smallest absolute Gasteiger partial charge is 0.276 e. The van der Waals surface area contributed by atoms with Gasteiger partial charge in [-0.25, -0.2) is 4.52 Å². The lowest BCUT2D eigenvalue weighted by molar-refractivity contribution is 0.305. The SMILES string of the molecule is Cc1cc2c(=O)n(CCNC3CCC(C)CC3)ccn2n1. The average Bonchev–Trinajstić information content (AvgIpc) is 2.85. The van der Waals surface area contributed by atoms with Crippen molar-refractivity contribution >= 4 is 5.52 Å². The van der Waals surface area contributed by atoms with Crippen LogP contribution in [0.4, 0.5) is 0 Å². The summed E-state index contributed by atoms with van der Waals surface area (Å²) in [7, 11) is 0. The fourth-order valence-electron chi connectivity index (χ4n) is 3.18. The van der Waals surface area contributed by atoms with Crippen molar-refractivity contribution in [1.29, 1.82) is 0 Å². The quantitative estimate of drug-likeness (QED) is 0.936. The summed E-state index contributed by atoms with van der Waals surface area (Å²) < 4.78 is 3.43. The molecule has 0 amide bonds. The lowest BCUT2D eigenvalue weighted by atomic mass is 9.87. The van der Waals surface area contributed by atoms with Gasteiger partial charge in [-0.3, -0.25) is 4.79 Å². The Morgan fingerprint density at radius 2 is 2.05 bits per heavy atom. The van der Waals surface area contributed by atoms with Gasteiger partial charge in [-0.1, -0.05) is 6.92 Å². The molecule has 21 heavy (non-hydrogen) atoms. The zero-order chi connectivity index (χ0) is 14.8. The molecule has 0 radical (unpaired) electrons. The summed E-state index contributed by atoms with van der Waals surface area (Å²) in [6.07, 6.45) is 8.84. The van der Waals surface area contributed by atoms with E-state index in [1.54, 1.807) is 9.08 Å². The summed E-state index contributed by atoms with van der Waals surface area (Å²) >= 11 is 0. The molecule has 3 rings (SSSR count). The first-order valence-corrected chi connectivity index (χ1v) is 7.92. The Labute approximate surface area is 125 Å². The van der Waals surface area contributed by atoms with E-state index in [2.05, 4.69) is 17.3 Å². The molecule has 2 heterocycles. The minimum Gasteiger partial charge on any atom is -0.312 e. The molecule has 114 valence electrons. The Hall–Kier alpha value is -1.62. The monoisotopic (exact) mass is 288 g/mol. The van der Waals surface area contributed by atoms with Crippen molar-refractivity contribution in [1.82, 2.24) is 19.5 Å². The molecule has 2 aromatic rings. The summed E-state index contributed by atoms with van der Waals surface area (Å²) in [5.41, 5.74) is 1.57. The molecule has 0 saturated heterocycles. The molecule has 0 atom stereocenters. The van der Waals surface area contributed by atoms with Crippen molar-refractivity contribution in [3.8, 4) is 0 Å². The molecule has 0 spiro atoms. The zero-order valence-electron chi connectivity index (χ0n) is 12.9. The highest BCUT2D eigenvalue weighted by molar-refractivity contribution is 5.44. The van der Waals surface area contributed by atoms with E-state index in [0.29, 0.717) is 18.1 Å². The summed E-state index contributed by atoms with van der Waals surface area (Å²) in [5, 5.41) is 7.85. The van der Waals surface area contributed by atoms with Gasteiger partial charge in [-0.15, -0.1) is 0 Å². The van der Waals surface area contributed by atoms with Crippen LogP contribution in [-0.2, 0) is 6.54 Å². The van der Waals surface area contributed by atoms with Gasteiger partial charge >= 0.3 is 0 Å². The van der Waals surface area contributed by atoms with Crippen LogP contribution in [0.2, 0.25) is 0 Å². The van der Waals surface area contributed by atoms with Crippen LogP contribution in [-0.4, -0.2) is 26.8 Å². The number of fused-ring (bicyclic) bond motifs is 1. The van der Waals surface area contributed by atoms with Crippen molar-refractivity contribution in [3.05, 3.63) is 34.5 Å². The maximum Gasteiger partial charge on any atom is 0.276 e. The molecular weight excluding hydrogens is 264 g/mol. The summed E-state index contributed by atoms with van der Waals surface area (Å²) in [5.74, 6) is 0.873. The third-order valence-corrected chi connectivity index (χ3v) is 4.53. The van der Waals surface area contributed by atoms with Gasteiger partial charge < -0.3 is 9.88 Å². The Morgan fingerprint density at radius 1 is 1.29 bits per heavy atom. The number of nitrogens with zero attached hydrogens (tertiary/aromatic N) is 3. The van der Waals surface area contributed by atoms with E-state index >= 15 is 0 Å². The highest BCUT2D eigenvalue weighted by Gasteiger charge is 2.17. The molecule has 0 unspecified atom stereocenters. The molecule has 5 heteroatoms. The van der Waals surface area contributed by atoms with E-state index < -0.39 is 0 Å². The number of nitrogens with one attached hydrogen (secondary N) is 1. The maximum atomic E-state index is 12.3. The van der Waals surface area contributed by atoms with E-state index in [0.717, 1.165) is 18.2 Å². The number of rotatable bonds is 4. The van der Waals surface area contributed by atoms with E-state index in [-0.39, 0.29) is 5.56 Å². The van der Waals surface area contributed by atoms with Gasteiger partial charge in [0, 0.05) is 31.5 Å². The van der Waals surface area contributed by atoms with Gasteiger partial charge in [0.2, 0.25) is 0 Å². The van der Waals surface area contributed by atoms with Crippen molar-refractivity contribution in [2.75, 3.05) is 6.54 Å². The topological polar surface area (TPSA) is 51.3 Å². The molecular formula is C16H24N4O. The first kappa shape index (κ1) is 14.3. The molecule has 1 saturated carbocycles. The fraction of sp³-hybridized carbons (Fsp3) is 0.625. The maximum absolute atomic E-state index is 12.3. The second-order valence-corrected chi connectivity index (χ2v) is 6.32. The summed E-state index contributed by atoms with van der Waals surface area (Å²) in [6, 6.07) is 2.47. The zero-order valence-corrected chi connectivity index (χ0v) is 12.9. The second kappa shape index (κ2) is 6.02. The molecule has 0 aromatic carbocycles. The van der Waals surface area contributed by atoms with Crippen molar-refractivity contribution in [2.24, 2.45) is 5.92 Å². The van der Waals surface area contributed by atoms with Gasteiger partial charge in [0.05, 0.1) is 5.69 Å². The molecule has 1 fully saturated rings. The fourth-order valence-corrected chi connectivity index (χ4v) is 3.18. The summed E-state index contributed by atoms with van der Waals surface area (Å²) in [6.45, 7) is 5.80. The highest BCUT2D eigenvalue weighted by atomic mass is 16.1. The number of hydrogen-bond donors (Lipinski definition) is 1. The van der Waals surface area contributed by atoms with Gasteiger partial charge in [0.1, 0.15) is 5.52 Å². The van der Waals surface area contributed by atoms with Crippen LogP contribution in [0.5, 0.6) is 0 Å². The Balaban J connectivity index is 1.60. The van der Waals surface area contributed by atoms with Crippen LogP contribution in [0.3, 0.4) is 0 Å². The number of aromatic nitrogens is 3. The number of aryl methyl sites for hydroxylation is 1. The number of hydrogen-bond acceptors (Lipinski definition) is 3. The van der Waals surface area contributed by atoms with Crippen molar-refractivity contribution < 1.29 is 0 Å². The van der Waals surface area contributed by atoms with Gasteiger partial charge in [0.15, 0.2) is 0 Å². The molecule has 0 aliphatic heterocycles. The van der Waals surface area contributed by atoms with E-state index in [1.165, 1.54) is 25.7 Å². The predicted molar refractivity (Wildman–Crippen MR) is 83.6 cm³/mol. The molecule has 2 aromatic heterocycles. The molecule has 1 aliphatic carbocycles. The Kier molecular flexibility index (Phi) is 4.10. The van der Waals surface area contributed by atoms with E-state index in [4.69, 9.17) is 0 Å². The van der Waals surface area contributed by atoms with Crippen molar-refractivity contribution in [3.63, 3.8) is 0 Å². The molecule has 1 aliphatic rings. The Morgan fingerprint density at radius 3 is 2.81 bits per heavy atom. The van der Waals surface area contributed by atoms with Gasteiger partial charge in [-0.05, 0) is 44.6 Å². The van der Waals surface area contributed by atoms with Crippen LogP contribution >= 0.6 is 0 Å². The third kappa shape index (κ3) is 3.18. The van der Waals surface area contributed by atoms with E-state index in [1.807, 2.05) is 25.4 Å². The van der Waals surface area contributed by atoms with Crippen LogP contribution < -0.4 is 10.9 Å². The average molecular weight is 288 g/mol. The standard InChI is InChI=1S/C16H24N4O/c1-12-3-5-14(6-4-12)17-7-8-19-9-10-20-15(16(19)21)11-13(2)18-20/h9-12,14,17H,3-8H2,1-2H3. The lowest BCUT2D eigenvalue weighted by Crippen LogP contribution is -2.36. The summed E-state index contributed by atoms with van der Waals surface area (Å²) in [4.78, 5) is 12.3. The first-order valence-electron chi connectivity index (χ1n) is 7.92. The van der Waals surface area contributed by atoms with E-state index in [9.17, 15) is 4.79 Å². The highest BCUT2D eigenvalue weighted by Crippen LogP contribution is 2.23. The normalized spacial score (nSPS) is 22.8. The third-order valence-electron chi connectivity index (χ3n) is 4.53. The van der Waals surface area contributed by atoms with Gasteiger partial charge in [0.25, 0.3) is 5.56 Å². The van der Waals surface area contributed by atoms with Gasteiger partial charge in [-0.2, -0.15) is 5.10 Å². The molecule has 0 bridgehead atoms. The Bertz CT molecular complexity index is 664. The van der Waals surface area contributed by atoms with Crippen molar-refractivity contribution in [2.45, 2.75) is 52.1 Å². The van der Waals surface area contributed by atoms with Crippen LogP contribution in [0, 0.1) is 12.8 Å². The molecule has 1 N–H and O–H groups in total. The predicted octanol–water partition coefficient (Wildman–Crippen LogP) is 1.97. The minimum absolute atomic E-state index is 0.0390. The minimum atomic E-state index is 0.0390. The largest absolute Gasteiger partial charge is 0.312 e. The lowest BCUT2D eigenvalue weighted by Gasteiger charge is -2.27.